The Hall–Kier alpha value is -2.35. The maximum atomic E-state index is 12.4. The van der Waals surface area contributed by atoms with Gasteiger partial charge < -0.3 is 15.2 Å². The van der Waals surface area contributed by atoms with Gasteiger partial charge in [-0.05, 0) is 18.4 Å². The predicted molar refractivity (Wildman–Crippen MR) is 99.5 cm³/mol. The number of carbonyl (C=O) groups is 2. The molecule has 1 fully saturated rings. The summed E-state index contributed by atoms with van der Waals surface area (Å²) in [7, 11) is 1.92. The molecule has 1 aliphatic rings. The average molecular weight is 373 g/mol. The normalized spacial score (nSPS) is 15.2. The molecule has 0 aliphatic carbocycles. The van der Waals surface area contributed by atoms with Crippen LogP contribution in [0.15, 0.2) is 35.5 Å². The molecule has 2 aromatic rings. The number of piperidine rings is 1. The van der Waals surface area contributed by atoms with E-state index in [0.717, 1.165) is 11.0 Å². The maximum Gasteiger partial charge on any atom is 0.233 e. The number of hydrogen-bond acceptors (Lipinski definition) is 5. The second kappa shape index (κ2) is 8.35. The molecule has 0 radical (unpaired) electrons. The molecule has 2 amide bonds. The minimum atomic E-state index is -0.267. The molecule has 2 N–H and O–H groups in total. The summed E-state index contributed by atoms with van der Waals surface area (Å²) in [4.78, 5) is 25.4. The van der Waals surface area contributed by atoms with E-state index in [1.54, 1.807) is 4.90 Å². The van der Waals surface area contributed by atoms with Crippen molar-refractivity contribution in [2.24, 2.45) is 18.7 Å². The number of nitrogens with two attached hydrogens (primary N) is 1. The molecule has 1 aromatic heterocycles. The SMILES string of the molecule is Cn1c(Cc2ccccc2)nnc1SCC(=O)N1CCC(C(N)=O)CC1. The van der Waals surface area contributed by atoms with Gasteiger partial charge in [-0.3, -0.25) is 9.59 Å². The van der Waals surface area contributed by atoms with E-state index < -0.39 is 0 Å². The van der Waals surface area contributed by atoms with Gasteiger partial charge in [0.25, 0.3) is 0 Å². The van der Waals surface area contributed by atoms with Gasteiger partial charge in [0.1, 0.15) is 5.82 Å². The molecule has 1 aromatic carbocycles. The van der Waals surface area contributed by atoms with Crippen LogP contribution in [-0.2, 0) is 23.1 Å². The lowest BCUT2D eigenvalue weighted by Gasteiger charge is -2.30. The zero-order chi connectivity index (χ0) is 18.5. The second-order valence-corrected chi connectivity index (χ2v) is 7.41. The minimum absolute atomic E-state index is 0.0607. The minimum Gasteiger partial charge on any atom is -0.369 e. The van der Waals surface area contributed by atoms with Gasteiger partial charge in [0.05, 0.1) is 5.75 Å². The summed E-state index contributed by atoms with van der Waals surface area (Å²) in [6.45, 7) is 1.18. The molecule has 8 heteroatoms. The zero-order valence-electron chi connectivity index (χ0n) is 14.8. The van der Waals surface area contributed by atoms with Crippen molar-refractivity contribution in [2.45, 2.75) is 24.4 Å². The third kappa shape index (κ3) is 4.43. The van der Waals surface area contributed by atoms with Crippen LogP contribution in [0.4, 0.5) is 0 Å². The van der Waals surface area contributed by atoms with Crippen LogP contribution < -0.4 is 5.73 Å². The van der Waals surface area contributed by atoms with Crippen molar-refractivity contribution >= 4 is 23.6 Å². The van der Waals surface area contributed by atoms with Crippen LogP contribution in [0.3, 0.4) is 0 Å². The molecule has 2 heterocycles. The lowest BCUT2D eigenvalue weighted by atomic mass is 9.96. The van der Waals surface area contributed by atoms with Gasteiger partial charge in [-0.15, -0.1) is 10.2 Å². The van der Waals surface area contributed by atoms with E-state index in [1.165, 1.54) is 17.3 Å². The number of likely N-dealkylation sites (tertiary alicyclic amines) is 1. The number of amides is 2. The van der Waals surface area contributed by atoms with Crippen molar-refractivity contribution in [2.75, 3.05) is 18.8 Å². The van der Waals surface area contributed by atoms with Gasteiger partial charge in [-0.1, -0.05) is 42.1 Å². The number of rotatable bonds is 6. The molecule has 0 bridgehead atoms. The number of primary amides is 1. The number of thioether (sulfide) groups is 1. The fourth-order valence-electron chi connectivity index (χ4n) is 3.03. The van der Waals surface area contributed by atoms with Crippen LogP contribution in [0, 0.1) is 5.92 Å². The Morgan fingerprint density at radius 1 is 1.19 bits per heavy atom. The van der Waals surface area contributed by atoms with E-state index in [1.807, 2.05) is 29.8 Å². The number of benzene rings is 1. The van der Waals surface area contributed by atoms with Gasteiger partial charge in [0, 0.05) is 32.5 Å². The van der Waals surface area contributed by atoms with Crippen LogP contribution >= 0.6 is 11.8 Å². The first-order valence-corrected chi connectivity index (χ1v) is 9.65. The molecule has 1 aliphatic heterocycles. The van der Waals surface area contributed by atoms with Crippen LogP contribution in [0.1, 0.15) is 24.2 Å². The molecule has 7 nitrogen and oxygen atoms in total. The molecule has 26 heavy (non-hydrogen) atoms. The molecule has 3 rings (SSSR count). The van der Waals surface area contributed by atoms with E-state index in [0.29, 0.717) is 38.1 Å². The highest BCUT2D eigenvalue weighted by atomic mass is 32.2. The van der Waals surface area contributed by atoms with Crippen molar-refractivity contribution < 1.29 is 9.59 Å². The third-order valence-electron chi connectivity index (χ3n) is 4.70. The first-order chi connectivity index (χ1) is 12.5. The highest BCUT2D eigenvalue weighted by molar-refractivity contribution is 7.99. The topological polar surface area (TPSA) is 94.1 Å². The van der Waals surface area contributed by atoms with Gasteiger partial charge in [-0.2, -0.15) is 0 Å². The fraction of sp³-hybridized carbons (Fsp3) is 0.444. The smallest absolute Gasteiger partial charge is 0.233 e. The van der Waals surface area contributed by atoms with Crippen molar-refractivity contribution in [1.29, 1.82) is 0 Å². The van der Waals surface area contributed by atoms with Crippen LogP contribution in [0.2, 0.25) is 0 Å². The standard InChI is InChI=1S/C18H23N5O2S/c1-22-15(11-13-5-3-2-4-6-13)20-21-18(22)26-12-16(24)23-9-7-14(8-10-23)17(19)25/h2-6,14H,7-12H2,1H3,(H2,19,25). The van der Waals surface area contributed by atoms with Gasteiger partial charge in [-0.25, -0.2) is 0 Å². The van der Waals surface area contributed by atoms with Gasteiger partial charge in [0.2, 0.25) is 11.8 Å². The maximum absolute atomic E-state index is 12.4. The van der Waals surface area contributed by atoms with Crippen molar-refractivity contribution in [1.82, 2.24) is 19.7 Å². The second-order valence-electron chi connectivity index (χ2n) is 6.47. The van der Waals surface area contributed by atoms with Crippen LogP contribution in [0.25, 0.3) is 0 Å². The van der Waals surface area contributed by atoms with Crippen molar-refractivity contribution in [3.63, 3.8) is 0 Å². The molecule has 0 spiro atoms. The van der Waals surface area contributed by atoms with Crippen LogP contribution in [-0.4, -0.2) is 50.3 Å². The van der Waals surface area contributed by atoms with Crippen LogP contribution in [0.5, 0.6) is 0 Å². The Bertz CT molecular complexity index is 769. The number of carbonyl (C=O) groups excluding carboxylic acids is 2. The Morgan fingerprint density at radius 3 is 2.54 bits per heavy atom. The van der Waals surface area contributed by atoms with E-state index in [9.17, 15) is 9.59 Å². The molecular weight excluding hydrogens is 350 g/mol. The molecular formula is C18H23N5O2S. The Balaban J connectivity index is 1.52. The Kier molecular flexibility index (Phi) is 5.92. The molecule has 138 valence electrons. The average Bonchev–Trinajstić information content (AvgIpc) is 3.00. The quantitative estimate of drug-likeness (QED) is 0.769. The number of hydrogen-bond donors (Lipinski definition) is 1. The van der Waals surface area contributed by atoms with Crippen molar-refractivity contribution in [3.8, 4) is 0 Å². The molecule has 0 unspecified atom stereocenters. The van der Waals surface area contributed by atoms with E-state index in [4.69, 9.17) is 5.73 Å². The summed E-state index contributed by atoms with van der Waals surface area (Å²) in [5.74, 6) is 0.875. The fourth-order valence-corrected chi connectivity index (χ4v) is 3.87. The third-order valence-corrected chi connectivity index (χ3v) is 5.71. The summed E-state index contributed by atoms with van der Waals surface area (Å²) in [5.41, 5.74) is 6.51. The first kappa shape index (κ1) is 18.4. The summed E-state index contributed by atoms with van der Waals surface area (Å²) >= 11 is 1.39. The summed E-state index contributed by atoms with van der Waals surface area (Å²) in [6, 6.07) is 10.1. The number of aromatic nitrogens is 3. The highest BCUT2D eigenvalue weighted by Gasteiger charge is 2.26. The first-order valence-electron chi connectivity index (χ1n) is 8.66. The lowest BCUT2D eigenvalue weighted by molar-refractivity contribution is -0.132. The van der Waals surface area contributed by atoms with Crippen molar-refractivity contribution in [3.05, 3.63) is 41.7 Å². The largest absolute Gasteiger partial charge is 0.369 e. The summed E-state index contributed by atoms with van der Waals surface area (Å²) in [6.07, 6.45) is 2.01. The predicted octanol–water partition coefficient (Wildman–Crippen LogP) is 1.22. The molecule has 0 saturated carbocycles. The highest BCUT2D eigenvalue weighted by Crippen LogP contribution is 2.21. The monoisotopic (exact) mass is 373 g/mol. The number of nitrogens with zero attached hydrogens (tertiary/aromatic N) is 4. The molecule has 0 atom stereocenters. The van der Waals surface area contributed by atoms with E-state index in [-0.39, 0.29) is 17.7 Å². The lowest BCUT2D eigenvalue weighted by Crippen LogP contribution is -2.42. The zero-order valence-corrected chi connectivity index (χ0v) is 15.6. The Labute approximate surface area is 157 Å². The molecule has 1 saturated heterocycles. The Morgan fingerprint density at radius 2 is 1.88 bits per heavy atom. The van der Waals surface area contributed by atoms with Gasteiger partial charge >= 0.3 is 0 Å². The summed E-state index contributed by atoms with van der Waals surface area (Å²) in [5, 5.41) is 9.19. The van der Waals surface area contributed by atoms with E-state index in [2.05, 4.69) is 22.3 Å². The van der Waals surface area contributed by atoms with Gasteiger partial charge in [0.15, 0.2) is 5.16 Å². The van der Waals surface area contributed by atoms with E-state index >= 15 is 0 Å². The summed E-state index contributed by atoms with van der Waals surface area (Å²) < 4.78 is 1.93.